The van der Waals surface area contributed by atoms with Crippen LogP contribution < -0.4 is 16.3 Å². The Hall–Kier alpha value is -2.09. The molecule has 0 bridgehead atoms. The predicted molar refractivity (Wildman–Crippen MR) is 91.2 cm³/mol. The van der Waals surface area contributed by atoms with Crippen LogP contribution in [0.3, 0.4) is 0 Å². The van der Waals surface area contributed by atoms with E-state index in [4.69, 9.17) is 4.74 Å². The maximum Gasteiger partial charge on any atom is 0.325 e. The van der Waals surface area contributed by atoms with E-state index in [1.54, 1.807) is 7.05 Å². The standard InChI is InChI=1S/C17H26N4O4/c1-21-8-14(20-17(21)24)16(23)19-13-4-2-3-12(7-13)18-15(22)10-25-9-11-5-6-11/h8,11-13H,2-7,9-10H2,1H3,(H,18,22)(H,19,23)(H,20,24)/t12-,13-/m1/s1. The van der Waals surface area contributed by atoms with Crippen LogP contribution in [0.5, 0.6) is 0 Å². The molecule has 1 aromatic rings. The van der Waals surface area contributed by atoms with E-state index in [2.05, 4.69) is 15.6 Å². The Balaban J connectivity index is 1.43. The smallest absolute Gasteiger partial charge is 0.325 e. The van der Waals surface area contributed by atoms with Crippen LogP contribution >= 0.6 is 0 Å². The first-order chi connectivity index (χ1) is 12.0. The van der Waals surface area contributed by atoms with Crippen LogP contribution in [0.2, 0.25) is 0 Å². The van der Waals surface area contributed by atoms with Crippen molar-refractivity contribution in [1.29, 1.82) is 0 Å². The van der Waals surface area contributed by atoms with Gasteiger partial charge in [0, 0.05) is 25.3 Å². The summed E-state index contributed by atoms with van der Waals surface area (Å²) in [6, 6.07) is 0.0357. The van der Waals surface area contributed by atoms with E-state index in [1.807, 2.05) is 0 Å². The van der Waals surface area contributed by atoms with Gasteiger partial charge in [0.15, 0.2) is 0 Å². The second-order valence-electron chi connectivity index (χ2n) is 7.14. The number of H-pyrrole nitrogens is 1. The molecule has 2 amide bonds. The van der Waals surface area contributed by atoms with E-state index in [-0.39, 0.29) is 41.9 Å². The van der Waals surface area contributed by atoms with Crippen molar-refractivity contribution in [2.45, 2.75) is 50.6 Å². The fraction of sp³-hybridized carbons (Fsp3) is 0.706. The number of imidazole rings is 1. The molecular formula is C17H26N4O4. The van der Waals surface area contributed by atoms with Gasteiger partial charge in [0.1, 0.15) is 12.3 Å². The van der Waals surface area contributed by atoms with E-state index >= 15 is 0 Å². The van der Waals surface area contributed by atoms with Gasteiger partial charge >= 0.3 is 5.69 Å². The third kappa shape index (κ3) is 5.19. The number of nitrogens with zero attached hydrogens (tertiary/aromatic N) is 1. The number of ether oxygens (including phenoxy) is 1. The SMILES string of the molecule is Cn1cc(C(=O)N[C@@H]2CCC[C@@H](NC(=O)COCC3CC3)C2)[nH]c1=O. The quantitative estimate of drug-likeness (QED) is 0.657. The number of hydrogen-bond donors (Lipinski definition) is 3. The minimum absolute atomic E-state index is 0.0114. The average molecular weight is 350 g/mol. The summed E-state index contributed by atoms with van der Waals surface area (Å²) >= 11 is 0. The minimum Gasteiger partial charge on any atom is -0.371 e. The lowest BCUT2D eigenvalue weighted by molar-refractivity contribution is -0.126. The van der Waals surface area contributed by atoms with Crippen molar-refractivity contribution < 1.29 is 14.3 Å². The normalized spacial score (nSPS) is 23.2. The highest BCUT2D eigenvalue weighted by atomic mass is 16.5. The molecule has 0 aromatic carbocycles. The Morgan fingerprint density at radius 3 is 2.60 bits per heavy atom. The summed E-state index contributed by atoms with van der Waals surface area (Å²) in [6.45, 7) is 0.779. The molecule has 1 aromatic heterocycles. The molecule has 2 aliphatic rings. The van der Waals surface area contributed by atoms with Crippen LogP contribution in [-0.4, -0.2) is 46.7 Å². The largest absolute Gasteiger partial charge is 0.371 e. The number of amides is 2. The van der Waals surface area contributed by atoms with E-state index in [0.29, 0.717) is 18.9 Å². The van der Waals surface area contributed by atoms with Crippen LogP contribution in [-0.2, 0) is 16.6 Å². The number of rotatable bonds is 7. The molecule has 8 heteroatoms. The second-order valence-corrected chi connectivity index (χ2v) is 7.14. The third-order valence-corrected chi connectivity index (χ3v) is 4.79. The summed E-state index contributed by atoms with van der Waals surface area (Å²) < 4.78 is 6.74. The zero-order chi connectivity index (χ0) is 17.8. The van der Waals surface area contributed by atoms with Gasteiger partial charge in [0.05, 0.1) is 6.61 Å². The van der Waals surface area contributed by atoms with Gasteiger partial charge in [-0.3, -0.25) is 9.59 Å². The molecule has 3 N–H and O–H groups in total. The molecule has 25 heavy (non-hydrogen) atoms. The van der Waals surface area contributed by atoms with Gasteiger partial charge in [-0.1, -0.05) is 0 Å². The number of aryl methyl sites for hydroxylation is 1. The molecule has 0 unspecified atom stereocenters. The summed E-state index contributed by atoms with van der Waals surface area (Å²) in [5, 5.41) is 5.93. The highest BCUT2D eigenvalue weighted by Crippen LogP contribution is 2.28. The van der Waals surface area contributed by atoms with Crippen LogP contribution in [0.4, 0.5) is 0 Å². The van der Waals surface area contributed by atoms with Gasteiger partial charge in [-0.15, -0.1) is 0 Å². The molecular weight excluding hydrogens is 324 g/mol. The first-order valence-electron chi connectivity index (χ1n) is 8.95. The molecule has 2 saturated carbocycles. The van der Waals surface area contributed by atoms with Crippen molar-refractivity contribution in [1.82, 2.24) is 20.2 Å². The van der Waals surface area contributed by atoms with Gasteiger partial charge in [0.25, 0.3) is 5.91 Å². The molecule has 8 nitrogen and oxygen atoms in total. The van der Waals surface area contributed by atoms with Crippen molar-refractivity contribution in [2.24, 2.45) is 13.0 Å². The van der Waals surface area contributed by atoms with Gasteiger partial charge in [-0.2, -0.15) is 0 Å². The molecule has 2 atom stereocenters. The van der Waals surface area contributed by atoms with E-state index < -0.39 is 0 Å². The van der Waals surface area contributed by atoms with Crippen LogP contribution in [0.25, 0.3) is 0 Å². The lowest BCUT2D eigenvalue weighted by atomic mass is 9.91. The summed E-state index contributed by atoms with van der Waals surface area (Å²) in [7, 11) is 1.59. The summed E-state index contributed by atoms with van der Waals surface area (Å²) in [5.41, 5.74) is -0.0581. The van der Waals surface area contributed by atoms with Gasteiger partial charge in [-0.05, 0) is 44.4 Å². The highest BCUT2D eigenvalue weighted by molar-refractivity contribution is 5.92. The molecule has 2 fully saturated rings. The molecule has 3 rings (SSSR count). The molecule has 2 aliphatic carbocycles. The van der Waals surface area contributed by atoms with Gasteiger partial charge in [-0.25, -0.2) is 4.79 Å². The van der Waals surface area contributed by atoms with Crippen molar-refractivity contribution >= 4 is 11.8 Å². The van der Waals surface area contributed by atoms with E-state index in [1.165, 1.54) is 23.6 Å². The monoisotopic (exact) mass is 350 g/mol. The van der Waals surface area contributed by atoms with Crippen molar-refractivity contribution in [3.8, 4) is 0 Å². The number of carbonyl (C=O) groups excluding carboxylic acids is 2. The lowest BCUT2D eigenvalue weighted by Gasteiger charge is -2.30. The topological polar surface area (TPSA) is 105 Å². The molecule has 0 spiro atoms. The van der Waals surface area contributed by atoms with Crippen LogP contribution in [0, 0.1) is 5.92 Å². The summed E-state index contributed by atoms with van der Waals surface area (Å²) in [4.78, 5) is 38.1. The molecule has 0 aliphatic heterocycles. The van der Waals surface area contributed by atoms with E-state index in [0.717, 1.165) is 19.3 Å². The Morgan fingerprint density at radius 1 is 1.24 bits per heavy atom. The predicted octanol–water partition coefficient (Wildman–Crippen LogP) is 0.297. The van der Waals surface area contributed by atoms with Gasteiger partial charge in [0.2, 0.25) is 5.91 Å². The van der Waals surface area contributed by atoms with Crippen molar-refractivity contribution in [2.75, 3.05) is 13.2 Å². The Morgan fingerprint density at radius 2 is 1.96 bits per heavy atom. The Labute approximate surface area is 146 Å². The van der Waals surface area contributed by atoms with E-state index in [9.17, 15) is 14.4 Å². The maximum absolute atomic E-state index is 12.2. The third-order valence-electron chi connectivity index (χ3n) is 4.79. The summed E-state index contributed by atoms with van der Waals surface area (Å²) in [6.07, 6.45) is 7.30. The van der Waals surface area contributed by atoms with Crippen molar-refractivity contribution in [3.63, 3.8) is 0 Å². The van der Waals surface area contributed by atoms with Crippen molar-refractivity contribution in [3.05, 3.63) is 22.4 Å². The Kier molecular flexibility index (Phi) is 5.57. The number of nitrogens with one attached hydrogen (secondary N) is 3. The Bertz CT molecular complexity index is 676. The number of aromatic amines is 1. The molecule has 1 heterocycles. The van der Waals surface area contributed by atoms with Crippen LogP contribution in [0.1, 0.15) is 49.0 Å². The molecule has 0 radical (unpaired) electrons. The first kappa shape index (κ1) is 17.7. The number of carbonyl (C=O) groups is 2. The average Bonchev–Trinajstić information content (AvgIpc) is 3.32. The first-order valence-corrected chi connectivity index (χ1v) is 8.95. The molecule has 138 valence electrons. The fourth-order valence-electron chi connectivity index (χ4n) is 3.19. The van der Waals surface area contributed by atoms with Crippen LogP contribution in [0.15, 0.2) is 11.0 Å². The second kappa shape index (κ2) is 7.86. The van der Waals surface area contributed by atoms with Gasteiger partial charge < -0.3 is 24.9 Å². The maximum atomic E-state index is 12.2. The number of hydrogen-bond acceptors (Lipinski definition) is 4. The lowest BCUT2D eigenvalue weighted by Crippen LogP contribution is -2.46. The zero-order valence-electron chi connectivity index (χ0n) is 14.5. The number of aromatic nitrogens is 2. The zero-order valence-corrected chi connectivity index (χ0v) is 14.5. The summed E-state index contributed by atoms with van der Waals surface area (Å²) in [5.74, 6) is 0.263. The molecule has 0 saturated heterocycles. The highest BCUT2D eigenvalue weighted by Gasteiger charge is 2.26. The fourth-order valence-corrected chi connectivity index (χ4v) is 3.19. The minimum atomic E-state index is -0.315.